The molecule has 164 valence electrons. The third-order valence-electron chi connectivity index (χ3n) is 5.59. The van der Waals surface area contributed by atoms with Gasteiger partial charge in [0.05, 0.1) is 44.8 Å². The van der Waals surface area contributed by atoms with E-state index >= 15 is 0 Å². The second-order valence-electron chi connectivity index (χ2n) is 7.86. The highest BCUT2D eigenvalue weighted by atomic mass is 32.2. The van der Waals surface area contributed by atoms with Gasteiger partial charge in [-0.2, -0.15) is 5.10 Å². The minimum absolute atomic E-state index is 0.0384. The Hall–Kier alpha value is -3.11. The van der Waals surface area contributed by atoms with Crippen molar-refractivity contribution in [1.29, 1.82) is 0 Å². The van der Waals surface area contributed by atoms with E-state index in [9.17, 15) is 13.2 Å². The first-order chi connectivity index (χ1) is 15.4. The monoisotopic (exact) mass is 467 g/mol. The highest BCUT2D eigenvalue weighted by Crippen LogP contribution is 2.33. The lowest BCUT2D eigenvalue weighted by molar-refractivity contribution is 0.0952. The smallest absolute Gasteiger partial charge is 0.252 e. The molecule has 0 unspecified atom stereocenters. The lowest BCUT2D eigenvalue weighted by Gasteiger charge is -2.12. The first-order valence-electron chi connectivity index (χ1n) is 10.2. The highest BCUT2D eigenvalue weighted by molar-refractivity contribution is 7.91. The van der Waals surface area contributed by atoms with E-state index in [2.05, 4.69) is 15.4 Å². The van der Waals surface area contributed by atoms with E-state index in [4.69, 9.17) is 4.98 Å². The van der Waals surface area contributed by atoms with Gasteiger partial charge in [0.15, 0.2) is 15.5 Å². The summed E-state index contributed by atoms with van der Waals surface area (Å²) in [4.78, 5) is 23.1. The summed E-state index contributed by atoms with van der Waals surface area (Å²) in [5, 5.41) is 10.2. The number of aryl methyl sites for hydroxylation is 1. The van der Waals surface area contributed by atoms with E-state index in [0.29, 0.717) is 41.0 Å². The van der Waals surface area contributed by atoms with Crippen LogP contribution in [0.15, 0.2) is 48.1 Å². The van der Waals surface area contributed by atoms with Crippen LogP contribution in [0.4, 0.5) is 0 Å². The lowest BCUT2D eigenvalue weighted by atomic mass is 10.1. The van der Waals surface area contributed by atoms with E-state index in [1.807, 2.05) is 36.6 Å². The zero-order chi connectivity index (χ0) is 22.3. The maximum absolute atomic E-state index is 13.3. The number of fused-ring (bicyclic) bond motifs is 1. The summed E-state index contributed by atoms with van der Waals surface area (Å²) < 4.78 is 25.9. The summed E-state index contributed by atoms with van der Waals surface area (Å²) in [6.45, 7) is 2.17. The van der Waals surface area contributed by atoms with Gasteiger partial charge in [0.25, 0.3) is 5.91 Å². The summed E-state index contributed by atoms with van der Waals surface area (Å²) in [7, 11) is -3.09. The van der Waals surface area contributed by atoms with Crippen molar-refractivity contribution in [2.45, 2.75) is 25.9 Å². The Kier molecular flexibility index (Phi) is 5.26. The molecule has 1 fully saturated rings. The quantitative estimate of drug-likeness (QED) is 0.483. The summed E-state index contributed by atoms with van der Waals surface area (Å²) in [6.07, 6.45) is 3.89. The van der Waals surface area contributed by atoms with Gasteiger partial charge in [-0.05, 0) is 42.5 Å². The van der Waals surface area contributed by atoms with Crippen LogP contribution in [0.5, 0.6) is 0 Å². The second-order valence-corrected chi connectivity index (χ2v) is 11.0. The van der Waals surface area contributed by atoms with Crippen molar-refractivity contribution in [2.75, 3.05) is 11.5 Å². The Morgan fingerprint density at radius 2 is 2.19 bits per heavy atom. The molecule has 5 rings (SSSR count). The molecule has 0 radical (unpaired) electrons. The number of rotatable bonds is 5. The number of amides is 1. The molecule has 4 aromatic heterocycles. The highest BCUT2D eigenvalue weighted by Gasteiger charge is 2.32. The summed E-state index contributed by atoms with van der Waals surface area (Å²) in [5.41, 5.74) is 3.24. The molecule has 1 saturated heterocycles. The van der Waals surface area contributed by atoms with Gasteiger partial charge in [0.1, 0.15) is 0 Å². The molecule has 1 amide bonds. The zero-order valence-electron chi connectivity index (χ0n) is 17.4. The third kappa shape index (κ3) is 3.91. The van der Waals surface area contributed by atoms with Crippen molar-refractivity contribution in [2.24, 2.45) is 0 Å². The molecule has 0 aliphatic carbocycles. The molecule has 1 N–H and O–H groups in total. The van der Waals surface area contributed by atoms with Gasteiger partial charge in [0, 0.05) is 18.9 Å². The molecule has 1 aliphatic rings. The zero-order valence-corrected chi connectivity index (χ0v) is 19.0. The summed E-state index contributed by atoms with van der Waals surface area (Å²) >= 11 is 1.53. The number of pyridine rings is 2. The van der Waals surface area contributed by atoms with E-state index in [-0.39, 0.29) is 23.5 Å². The number of sulfone groups is 1. The average molecular weight is 468 g/mol. The molecule has 1 aliphatic heterocycles. The Labute approximate surface area is 189 Å². The molecule has 4 aromatic rings. The molecule has 5 heterocycles. The van der Waals surface area contributed by atoms with Gasteiger partial charge in [-0.15, -0.1) is 11.3 Å². The number of nitrogens with zero attached hydrogens (tertiary/aromatic N) is 4. The van der Waals surface area contributed by atoms with Crippen LogP contribution < -0.4 is 5.32 Å². The van der Waals surface area contributed by atoms with Crippen LogP contribution in [0.3, 0.4) is 0 Å². The van der Waals surface area contributed by atoms with Crippen LogP contribution in [0.1, 0.15) is 34.1 Å². The fourth-order valence-corrected chi connectivity index (χ4v) is 6.42. The minimum Gasteiger partial charge on any atom is -0.348 e. The first kappa shape index (κ1) is 20.8. The van der Waals surface area contributed by atoms with Crippen molar-refractivity contribution in [3.05, 3.63) is 64.9 Å². The lowest BCUT2D eigenvalue weighted by Crippen LogP contribution is -2.23. The van der Waals surface area contributed by atoms with Gasteiger partial charge >= 0.3 is 0 Å². The molecule has 0 aromatic carbocycles. The number of carbonyl (C=O) groups excluding carboxylic acids is 1. The predicted molar refractivity (Wildman–Crippen MR) is 123 cm³/mol. The Balaban J connectivity index is 1.60. The van der Waals surface area contributed by atoms with Crippen molar-refractivity contribution in [1.82, 2.24) is 25.1 Å². The van der Waals surface area contributed by atoms with Crippen molar-refractivity contribution < 1.29 is 13.2 Å². The molecular formula is C22H21N5O3S2. The van der Waals surface area contributed by atoms with E-state index in [0.717, 1.165) is 10.4 Å². The second kappa shape index (κ2) is 8.10. The number of carbonyl (C=O) groups is 1. The number of hydrogen-bond acceptors (Lipinski definition) is 7. The molecule has 0 saturated carbocycles. The van der Waals surface area contributed by atoms with E-state index < -0.39 is 9.84 Å². The van der Waals surface area contributed by atoms with Crippen LogP contribution in [0.2, 0.25) is 0 Å². The molecule has 32 heavy (non-hydrogen) atoms. The van der Waals surface area contributed by atoms with Crippen LogP contribution in [-0.4, -0.2) is 45.6 Å². The molecule has 1 atom stereocenters. The topological polar surface area (TPSA) is 107 Å². The summed E-state index contributed by atoms with van der Waals surface area (Å²) in [6, 6.07) is 9.11. The molecule has 8 nitrogen and oxygen atoms in total. The van der Waals surface area contributed by atoms with Gasteiger partial charge in [0.2, 0.25) is 0 Å². The van der Waals surface area contributed by atoms with Gasteiger partial charge in [-0.1, -0.05) is 12.1 Å². The van der Waals surface area contributed by atoms with E-state index in [1.54, 1.807) is 23.1 Å². The van der Waals surface area contributed by atoms with Crippen molar-refractivity contribution in [3.8, 4) is 10.6 Å². The predicted octanol–water partition coefficient (Wildman–Crippen LogP) is 3.15. The van der Waals surface area contributed by atoms with Crippen molar-refractivity contribution >= 4 is 38.1 Å². The summed E-state index contributed by atoms with van der Waals surface area (Å²) in [5.74, 6) is -0.0570. The molecular weight excluding hydrogens is 446 g/mol. The van der Waals surface area contributed by atoms with Crippen LogP contribution >= 0.6 is 11.3 Å². The van der Waals surface area contributed by atoms with Crippen LogP contribution in [0, 0.1) is 6.92 Å². The number of hydrogen-bond donors (Lipinski definition) is 1. The Morgan fingerprint density at radius 1 is 1.31 bits per heavy atom. The van der Waals surface area contributed by atoms with Crippen LogP contribution in [0.25, 0.3) is 21.6 Å². The first-order valence-corrected chi connectivity index (χ1v) is 12.9. The van der Waals surface area contributed by atoms with Crippen molar-refractivity contribution in [3.63, 3.8) is 0 Å². The average Bonchev–Trinajstić information content (AvgIpc) is 3.51. The molecule has 0 spiro atoms. The molecule has 0 bridgehead atoms. The largest absolute Gasteiger partial charge is 0.348 e. The molecule has 10 heteroatoms. The van der Waals surface area contributed by atoms with Gasteiger partial charge in [-0.25, -0.2) is 18.1 Å². The minimum atomic E-state index is -3.09. The maximum atomic E-state index is 13.3. The Bertz CT molecular complexity index is 1400. The maximum Gasteiger partial charge on any atom is 0.252 e. The number of thiophene rings is 1. The van der Waals surface area contributed by atoms with Gasteiger partial charge in [-0.3, -0.25) is 9.78 Å². The standard InChI is InChI=1S/C22H21N5O3S2/c1-14-20-17(22(28)24-12-15-4-2-7-23-11-15)10-18(19-5-3-8-31-19)25-21(20)27(26-14)16-6-9-32(29,30)13-16/h2-5,7-8,10-11,16H,6,9,12-13H2,1H3,(H,24,28)/t16-/m0/s1. The normalized spacial score (nSPS) is 17.6. The third-order valence-corrected chi connectivity index (χ3v) is 8.23. The Morgan fingerprint density at radius 3 is 2.88 bits per heavy atom. The van der Waals surface area contributed by atoms with E-state index in [1.165, 1.54) is 11.3 Å². The SMILES string of the molecule is Cc1nn([C@H]2CCS(=O)(=O)C2)c2nc(-c3cccs3)cc(C(=O)NCc3cccnc3)c12. The fraction of sp³-hybridized carbons (Fsp3) is 0.273. The van der Waals surface area contributed by atoms with Gasteiger partial charge < -0.3 is 5.32 Å². The number of nitrogens with one attached hydrogen (secondary N) is 1. The fourth-order valence-electron chi connectivity index (χ4n) is 4.05. The number of aromatic nitrogens is 4. The van der Waals surface area contributed by atoms with Crippen LogP contribution in [-0.2, 0) is 16.4 Å².